The van der Waals surface area contributed by atoms with Gasteiger partial charge in [-0.15, -0.1) is 0 Å². The van der Waals surface area contributed by atoms with Crippen molar-refractivity contribution < 1.29 is 22.7 Å². The number of fused-ring (bicyclic) bond motifs is 1. The molecule has 1 atom stereocenters. The highest BCUT2D eigenvalue weighted by molar-refractivity contribution is 5.97. The zero-order valence-corrected chi connectivity index (χ0v) is 18.1. The number of hydrogen-bond acceptors (Lipinski definition) is 5. The first-order valence-corrected chi connectivity index (χ1v) is 10.1. The molecule has 0 saturated heterocycles. The van der Waals surface area contributed by atoms with Crippen molar-refractivity contribution in [3.8, 4) is 17.5 Å². The molecule has 0 spiro atoms. The first-order valence-electron chi connectivity index (χ1n) is 10.1. The van der Waals surface area contributed by atoms with Crippen LogP contribution >= 0.6 is 0 Å². The lowest BCUT2D eigenvalue weighted by molar-refractivity contribution is -0.189. The Morgan fingerprint density at radius 1 is 1.18 bits per heavy atom. The quantitative estimate of drug-likeness (QED) is 0.588. The van der Waals surface area contributed by atoms with E-state index in [2.05, 4.69) is 10.1 Å². The number of pyridine rings is 1. The molecule has 0 bridgehead atoms. The zero-order valence-electron chi connectivity index (χ0n) is 18.1. The Bertz CT molecular complexity index is 1230. The number of amides is 1. The second kappa shape index (κ2) is 8.24. The summed E-state index contributed by atoms with van der Waals surface area (Å²) in [6.45, 7) is 5.08. The lowest BCUT2D eigenvalue weighted by atomic mass is 10.1. The Hall–Kier alpha value is -3.87. The minimum absolute atomic E-state index is 0.0939. The fraction of sp³-hybridized carbons (Fsp3) is 0.304. The molecule has 1 amide bonds. The number of nitriles is 1. The van der Waals surface area contributed by atoms with Crippen LogP contribution < -0.4 is 4.74 Å². The van der Waals surface area contributed by atoms with Crippen LogP contribution in [0.1, 0.15) is 45.5 Å². The first-order chi connectivity index (χ1) is 15.5. The molecule has 3 heterocycles. The molecule has 0 saturated carbocycles. The van der Waals surface area contributed by atoms with Crippen molar-refractivity contribution in [1.82, 2.24) is 19.7 Å². The molecule has 7 nitrogen and oxygen atoms in total. The Labute approximate surface area is 188 Å². The van der Waals surface area contributed by atoms with E-state index in [0.29, 0.717) is 5.69 Å². The number of aryl methyl sites for hydroxylation is 2. The smallest absolute Gasteiger partial charge is 0.425 e. The Morgan fingerprint density at radius 2 is 1.88 bits per heavy atom. The standard InChI is InChI=1S/C23H20F3N5O2/c1-13-6-18(7-14(2)28-13)31-11-17-10-30(12-20(17)29-31)22(32)19-8-16(9-27)4-5-21(19)33-15(3)23(24,25)26/h4-8,11,15H,10,12H2,1-3H3/t15-/m0/s1. The number of nitrogens with zero attached hydrogens (tertiary/aromatic N) is 5. The van der Waals surface area contributed by atoms with Gasteiger partial charge in [0.25, 0.3) is 5.91 Å². The van der Waals surface area contributed by atoms with Crippen LogP contribution in [0.2, 0.25) is 0 Å². The summed E-state index contributed by atoms with van der Waals surface area (Å²) < 4.78 is 45.7. The molecular weight excluding hydrogens is 435 g/mol. The third-order valence-electron chi connectivity index (χ3n) is 5.30. The minimum Gasteiger partial charge on any atom is -0.480 e. The van der Waals surface area contributed by atoms with Gasteiger partial charge in [0.1, 0.15) is 5.75 Å². The molecule has 4 rings (SSSR count). The van der Waals surface area contributed by atoms with Crippen LogP contribution in [0.15, 0.2) is 36.5 Å². The van der Waals surface area contributed by atoms with E-state index in [9.17, 15) is 23.2 Å². The fourth-order valence-corrected chi connectivity index (χ4v) is 3.67. The van der Waals surface area contributed by atoms with Crippen LogP contribution in [-0.4, -0.2) is 37.9 Å². The SMILES string of the molecule is Cc1cc(-n2cc3c(n2)CN(C(=O)c2cc(C#N)ccc2O[C@@H](C)C(F)(F)F)C3)cc(C)n1. The van der Waals surface area contributed by atoms with E-state index in [-0.39, 0.29) is 30.0 Å². The van der Waals surface area contributed by atoms with E-state index in [1.807, 2.05) is 38.2 Å². The molecule has 10 heteroatoms. The van der Waals surface area contributed by atoms with Gasteiger partial charge in [0, 0.05) is 29.7 Å². The number of hydrogen-bond donors (Lipinski definition) is 0. The summed E-state index contributed by atoms with van der Waals surface area (Å²) in [5, 5.41) is 13.8. The molecule has 1 aliphatic heterocycles. The Kier molecular flexibility index (Phi) is 5.57. The average molecular weight is 455 g/mol. The van der Waals surface area contributed by atoms with Crippen LogP contribution in [0.4, 0.5) is 13.2 Å². The monoisotopic (exact) mass is 455 g/mol. The molecule has 33 heavy (non-hydrogen) atoms. The fourth-order valence-electron chi connectivity index (χ4n) is 3.67. The van der Waals surface area contributed by atoms with Gasteiger partial charge in [-0.05, 0) is 51.1 Å². The molecule has 0 N–H and O–H groups in total. The summed E-state index contributed by atoms with van der Waals surface area (Å²) in [5.41, 5.74) is 4.15. The normalized spacial score (nSPS) is 14.0. The molecule has 1 aliphatic rings. The highest BCUT2D eigenvalue weighted by Gasteiger charge is 2.39. The lowest BCUT2D eigenvalue weighted by Crippen LogP contribution is -2.32. The largest absolute Gasteiger partial charge is 0.480 e. The summed E-state index contributed by atoms with van der Waals surface area (Å²) in [7, 11) is 0. The van der Waals surface area contributed by atoms with Crippen LogP contribution in [0.3, 0.4) is 0 Å². The van der Waals surface area contributed by atoms with Gasteiger partial charge in [-0.3, -0.25) is 9.78 Å². The van der Waals surface area contributed by atoms with Gasteiger partial charge in [-0.25, -0.2) is 4.68 Å². The van der Waals surface area contributed by atoms with Gasteiger partial charge in [-0.2, -0.15) is 23.5 Å². The van der Waals surface area contributed by atoms with Crippen molar-refractivity contribution >= 4 is 5.91 Å². The maximum atomic E-state index is 13.2. The van der Waals surface area contributed by atoms with Gasteiger partial charge in [-0.1, -0.05) is 0 Å². The van der Waals surface area contributed by atoms with Gasteiger partial charge in [0.15, 0.2) is 6.10 Å². The van der Waals surface area contributed by atoms with E-state index in [1.165, 1.54) is 23.1 Å². The first kappa shape index (κ1) is 22.3. The van der Waals surface area contributed by atoms with E-state index in [0.717, 1.165) is 29.6 Å². The molecule has 0 fully saturated rings. The van der Waals surface area contributed by atoms with E-state index in [4.69, 9.17) is 4.74 Å². The zero-order chi connectivity index (χ0) is 23.9. The molecule has 0 unspecified atom stereocenters. The van der Waals surface area contributed by atoms with Gasteiger partial charge in [0.05, 0.1) is 35.1 Å². The summed E-state index contributed by atoms with van der Waals surface area (Å²) in [4.78, 5) is 19.0. The highest BCUT2D eigenvalue weighted by Crippen LogP contribution is 2.31. The number of rotatable bonds is 4. The van der Waals surface area contributed by atoms with Crippen molar-refractivity contribution in [3.63, 3.8) is 0 Å². The number of halogens is 3. The molecule has 170 valence electrons. The third kappa shape index (κ3) is 4.53. The predicted octanol–water partition coefficient (Wildman–Crippen LogP) is 4.24. The highest BCUT2D eigenvalue weighted by atomic mass is 19.4. The number of aromatic nitrogens is 3. The molecule has 0 aliphatic carbocycles. The average Bonchev–Trinajstić information content (AvgIpc) is 3.31. The minimum atomic E-state index is -4.59. The van der Waals surface area contributed by atoms with Crippen molar-refractivity contribution in [3.05, 3.63) is 70.3 Å². The number of carbonyl (C=O) groups excluding carboxylic acids is 1. The Morgan fingerprint density at radius 3 is 2.48 bits per heavy atom. The number of benzene rings is 1. The topological polar surface area (TPSA) is 84.0 Å². The predicted molar refractivity (Wildman–Crippen MR) is 112 cm³/mol. The van der Waals surface area contributed by atoms with Crippen molar-refractivity contribution in [1.29, 1.82) is 5.26 Å². The number of alkyl halides is 3. The Balaban J connectivity index is 1.58. The lowest BCUT2D eigenvalue weighted by Gasteiger charge is -2.22. The molecular formula is C23H20F3N5O2. The van der Waals surface area contributed by atoms with Crippen LogP contribution in [0.5, 0.6) is 5.75 Å². The maximum Gasteiger partial charge on any atom is 0.425 e. The number of carbonyl (C=O) groups is 1. The van der Waals surface area contributed by atoms with Gasteiger partial charge < -0.3 is 9.64 Å². The summed E-state index contributed by atoms with van der Waals surface area (Å²) in [6.07, 6.45) is -4.88. The number of ether oxygens (including phenoxy) is 1. The summed E-state index contributed by atoms with van der Waals surface area (Å²) in [6, 6.07) is 9.49. The van der Waals surface area contributed by atoms with Crippen molar-refractivity contribution in [2.24, 2.45) is 0 Å². The van der Waals surface area contributed by atoms with E-state index in [1.54, 1.807) is 4.68 Å². The third-order valence-corrected chi connectivity index (χ3v) is 5.30. The molecule has 0 radical (unpaired) electrons. The van der Waals surface area contributed by atoms with Crippen LogP contribution in [0.25, 0.3) is 5.69 Å². The summed E-state index contributed by atoms with van der Waals surface area (Å²) >= 11 is 0. The summed E-state index contributed by atoms with van der Waals surface area (Å²) in [5.74, 6) is -0.752. The molecule has 2 aromatic heterocycles. The van der Waals surface area contributed by atoms with Crippen molar-refractivity contribution in [2.45, 2.75) is 46.1 Å². The van der Waals surface area contributed by atoms with Gasteiger partial charge >= 0.3 is 6.18 Å². The van der Waals surface area contributed by atoms with E-state index < -0.39 is 18.2 Å². The van der Waals surface area contributed by atoms with Gasteiger partial charge in [0.2, 0.25) is 0 Å². The second-order valence-corrected chi connectivity index (χ2v) is 7.94. The molecule has 3 aromatic rings. The van der Waals surface area contributed by atoms with Crippen molar-refractivity contribution in [2.75, 3.05) is 0 Å². The van der Waals surface area contributed by atoms with Crippen LogP contribution in [-0.2, 0) is 13.1 Å². The maximum absolute atomic E-state index is 13.2. The second-order valence-electron chi connectivity index (χ2n) is 7.94. The van der Waals surface area contributed by atoms with E-state index >= 15 is 0 Å². The van der Waals surface area contributed by atoms with Crippen LogP contribution in [0, 0.1) is 25.2 Å². The molecule has 1 aromatic carbocycles.